The molecule has 2 aromatic carbocycles. The van der Waals surface area contributed by atoms with E-state index in [1.165, 1.54) is 12.0 Å². The molecular weight excluding hydrogens is 534 g/mol. The van der Waals surface area contributed by atoms with Crippen LogP contribution in [0.2, 0.25) is 0 Å². The van der Waals surface area contributed by atoms with Gasteiger partial charge in [0.25, 0.3) is 11.9 Å². The van der Waals surface area contributed by atoms with E-state index >= 15 is 0 Å². The van der Waals surface area contributed by atoms with Crippen molar-refractivity contribution >= 4 is 23.8 Å². The van der Waals surface area contributed by atoms with Crippen molar-refractivity contribution < 1.29 is 43.6 Å². The number of hydrogen-bond acceptors (Lipinski definition) is 8. The zero-order chi connectivity index (χ0) is 29.9. The largest absolute Gasteiger partial charge is 0.493 e. The van der Waals surface area contributed by atoms with Gasteiger partial charge in [0.1, 0.15) is 5.75 Å². The number of carboxylic acids is 2. The standard InChI is InChI=1S/C27H33N3O7.C2H4O2/c1-3-10-30-15-25(31)28-21-9-11-29(16-26(32)33)14-24(21)36-17-18-5-4-6-20(12-18)37-23-13-19(27(30)34)7-8-22(23)35-2;1-2(3)4/h4-8,12-13,21,24H,3,9-11,14-17H2,1-2H3,(H,28,31)(H,32,33);1H3,(H,3,4)/t21-,24-;/m0./s1. The van der Waals surface area contributed by atoms with Gasteiger partial charge in [-0.1, -0.05) is 19.1 Å². The molecule has 12 heteroatoms. The molecule has 0 unspecified atom stereocenters. The first-order chi connectivity index (χ1) is 19.6. The van der Waals surface area contributed by atoms with Crippen molar-refractivity contribution in [3.63, 3.8) is 0 Å². The number of carbonyl (C=O) groups excluding carboxylic acids is 2. The van der Waals surface area contributed by atoms with Gasteiger partial charge in [0.05, 0.1) is 39.0 Å². The molecule has 2 atom stereocenters. The van der Waals surface area contributed by atoms with Crippen LogP contribution in [0.5, 0.6) is 17.2 Å². The van der Waals surface area contributed by atoms with Gasteiger partial charge < -0.3 is 34.6 Å². The predicted molar refractivity (Wildman–Crippen MR) is 148 cm³/mol. The maximum absolute atomic E-state index is 13.4. The highest BCUT2D eigenvalue weighted by atomic mass is 16.5. The van der Waals surface area contributed by atoms with Crippen LogP contribution >= 0.6 is 0 Å². The van der Waals surface area contributed by atoms with Crippen LogP contribution < -0.4 is 14.8 Å². The number of ether oxygens (including phenoxy) is 3. The average Bonchev–Trinajstić information content (AvgIpc) is 2.91. The molecule has 3 N–H and O–H groups in total. The van der Waals surface area contributed by atoms with Crippen molar-refractivity contribution in [3.8, 4) is 17.2 Å². The third-order valence-electron chi connectivity index (χ3n) is 6.46. The van der Waals surface area contributed by atoms with Crippen LogP contribution in [-0.2, 0) is 25.7 Å². The molecule has 2 aliphatic rings. The Hall–Kier alpha value is -4.16. The Kier molecular flexibility index (Phi) is 11.5. The van der Waals surface area contributed by atoms with Gasteiger partial charge in [0.2, 0.25) is 5.91 Å². The van der Waals surface area contributed by atoms with Gasteiger partial charge in [-0.15, -0.1) is 0 Å². The van der Waals surface area contributed by atoms with Crippen LogP contribution in [0.15, 0.2) is 42.5 Å². The summed E-state index contributed by atoms with van der Waals surface area (Å²) in [6.07, 6.45) is 0.804. The molecule has 0 spiro atoms. The van der Waals surface area contributed by atoms with Crippen molar-refractivity contribution in [2.75, 3.05) is 39.8 Å². The van der Waals surface area contributed by atoms with Gasteiger partial charge in [-0.05, 0) is 48.7 Å². The van der Waals surface area contributed by atoms with Gasteiger partial charge >= 0.3 is 5.97 Å². The molecule has 4 rings (SSSR count). The number of amides is 2. The fourth-order valence-electron chi connectivity index (χ4n) is 4.70. The number of rotatable bonds is 5. The summed E-state index contributed by atoms with van der Waals surface area (Å²) in [5.74, 6) is -0.894. The van der Waals surface area contributed by atoms with Crippen molar-refractivity contribution in [1.82, 2.24) is 15.1 Å². The van der Waals surface area contributed by atoms with Crippen molar-refractivity contribution in [1.29, 1.82) is 0 Å². The van der Waals surface area contributed by atoms with E-state index in [1.54, 1.807) is 23.1 Å². The number of likely N-dealkylation sites (tertiary alicyclic amines) is 1. The molecule has 2 aromatic rings. The second kappa shape index (κ2) is 15.0. The zero-order valence-electron chi connectivity index (χ0n) is 23.5. The Morgan fingerprint density at radius 2 is 1.90 bits per heavy atom. The van der Waals surface area contributed by atoms with E-state index in [1.807, 2.05) is 31.2 Å². The second-order valence-corrected chi connectivity index (χ2v) is 9.80. The quantitative estimate of drug-likeness (QED) is 0.488. The van der Waals surface area contributed by atoms with Gasteiger partial charge in [-0.25, -0.2) is 0 Å². The topological polar surface area (TPSA) is 155 Å². The first-order valence-corrected chi connectivity index (χ1v) is 13.4. The summed E-state index contributed by atoms with van der Waals surface area (Å²) >= 11 is 0. The van der Waals surface area contributed by atoms with Crippen LogP contribution in [-0.4, -0.2) is 95.7 Å². The molecule has 41 heavy (non-hydrogen) atoms. The summed E-state index contributed by atoms with van der Waals surface area (Å²) in [4.78, 5) is 50.1. The molecule has 2 amide bonds. The molecule has 2 aliphatic heterocycles. The minimum absolute atomic E-state index is 0.0950. The average molecular weight is 572 g/mol. The van der Waals surface area contributed by atoms with Crippen LogP contribution in [0.3, 0.4) is 0 Å². The number of hydrogen-bond donors (Lipinski definition) is 3. The molecule has 4 bridgehead atoms. The SMILES string of the molecule is CC(=O)O.CCCN1CC(=O)N[C@H]2CCN(CC(=O)O)C[C@@H]2OCc2cccc(c2)Oc2cc(ccc2OC)C1=O. The summed E-state index contributed by atoms with van der Waals surface area (Å²) < 4.78 is 17.8. The summed E-state index contributed by atoms with van der Waals surface area (Å²) in [5.41, 5.74) is 1.24. The zero-order valence-corrected chi connectivity index (χ0v) is 23.5. The fourth-order valence-corrected chi connectivity index (χ4v) is 4.70. The Balaban J connectivity index is 0.00000108. The third kappa shape index (κ3) is 9.47. The Bertz CT molecular complexity index is 1230. The monoisotopic (exact) mass is 571 g/mol. The summed E-state index contributed by atoms with van der Waals surface area (Å²) in [5, 5.41) is 19.7. The lowest BCUT2D eigenvalue weighted by molar-refractivity contribution is -0.140. The lowest BCUT2D eigenvalue weighted by atomic mass is 10.0. The number of fused-ring (bicyclic) bond motifs is 5. The van der Waals surface area contributed by atoms with Gasteiger partial charge in [0, 0.05) is 32.1 Å². The normalized spacial score (nSPS) is 19.5. The highest BCUT2D eigenvalue weighted by Gasteiger charge is 2.33. The minimum atomic E-state index is -0.909. The number of carbonyl (C=O) groups is 4. The highest BCUT2D eigenvalue weighted by molar-refractivity contribution is 5.97. The summed E-state index contributed by atoms with van der Waals surface area (Å²) in [6, 6.07) is 12.1. The molecule has 0 aliphatic carbocycles. The minimum Gasteiger partial charge on any atom is -0.493 e. The van der Waals surface area contributed by atoms with Crippen LogP contribution in [0.1, 0.15) is 42.6 Å². The fraction of sp³-hybridized carbons (Fsp3) is 0.448. The number of nitrogens with one attached hydrogen (secondary N) is 1. The molecule has 2 heterocycles. The first kappa shape index (κ1) is 31.4. The van der Waals surface area contributed by atoms with Gasteiger partial charge in [-0.2, -0.15) is 0 Å². The van der Waals surface area contributed by atoms with E-state index in [0.29, 0.717) is 55.3 Å². The van der Waals surface area contributed by atoms with E-state index in [2.05, 4.69) is 5.32 Å². The Morgan fingerprint density at radius 1 is 1.15 bits per heavy atom. The Labute approximate surface area is 238 Å². The molecule has 1 fully saturated rings. The van der Waals surface area contributed by atoms with E-state index in [9.17, 15) is 19.5 Å². The van der Waals surface area contributed by atoms with Crippen LogP contribution in [0.25, 0.3) is 0 Å². The number of benzene rings is 2. The number of methoxy groups -OCH3 is 1. The van der Waals surface area contributed by atoms with E-state index in [0.717, 1.165) is 12.5 Å². The van der Waals surface area contributed by atoms with Gasteiger partial charge in [0.15, 0.2) is 11.5 Å². The molecule has 0 radical (unpaired) electrons. The predicted octanol–water partition coefficient (Wildman–Crippen LogP) is 2.60. The number of carboxylic acid groups (broad SMARTS) is 2. The van der Waals surface area contributed by atoms with Crippen LogP contribution in [0, 0.1) is 0 Å². The lowest BCUT2D eigenvalue weighted by Gasteiger charge is -2.38. The molecule has 1 saturated heterocycles. The number of piperidine rings is 1. The second-order valence-electron chi connectivity index (χ2n) is 9.80. The van der Waals surface area contributed by atoms with Crippen molar-refractivity contribution in [2.45, 2.75) is 45.4 Å². The van der Waals surface area contributed by atoms with E-state index in [-0.39, 0.29) is 37.6 Å². The Morgan fingerprint density at radius 3 is 2.59 bits per heavy atom. The maximum Gasteiger partial charge on any atom is 0.317 e. The molecule has 0 saturated carbocycles. The molecular formula is C29H37N3O9. The first-order valence-electron chi connectivity index (χ1n) is 13.4. The molecule has 12 nitrogen and oxygen atoms in total. The van der Waals surface area contributed by atoms with E-state index in [4.69, 9.17) is 24.1 Å². The van der Waals surface area contributed by atoms with Crippen molar-refractivity contribution in [3.05, 3.63) is 53.6 Å². The smallest absolute Gasteiger partial charge is 0.317 e. The lowest BCUT2D eigenvalue weighted by Crippen LogP contribution is -2.57. The third-order valence-corrected chi connectivity index (χ3v) is 6.46. The number of aliphatic carboxylic acids is 2. The summed E-state index contributed by atoms with van der Waals surface area (Å²) in [6.45, 7) is 4.39. The summed E-state index contributed by atoms with van der Waals surface area (Å²) in [7, 11) is 1.53. The maximum atomic E-state index is 13.4. The number of nitrogens with zero attached hydrogens (tertiary/aromatic N) is 2. The van der Waals surface area contributed by atoms with E-state index < -0.39 is 18.0 Å². The van der Waals surface area contributed by atoms with Crippen LogP contribution in [0.4, 0.5) is 0 Å². The molecule has 222 valence electrons. The van der Waals surface area contributed by atoms with Crippen molar-refractivity contribution in [2.24, 2.45) is 0 Å². The molecule has 0 aromatic heterocycles. The highest BCUT2D eigenvalue weighted by Crippen LogP contribution is 2.33. The van der Waals surface area contributed by atoms with Gasteiger partial charge in [-0.3, -0.25) is 24.1 Å².